The maximum absolute atomic E-state index is 9.13. The fourth-order valence-electron chi connectivity index (χ4n) is 2.47. The molecule has 0 N–H and O–H groups in total. The van der Waals surface area contributed by atoms with Crippen molar-refractivity contribution in [3.8, 4) is 17.7 Å². The highest BCUT2D eigenvalue weighted by Crippen LogP contribution is 2.35. The third-order valence-corrected chi connectivity index (χ3v) is 3.89. The molecule has 0 radical (unpaired) electrons. The Kier molecular flexibility index (Phi) is 3.98. The standard InChI is InChI=1S/C18H17N3O2/c1-3-18(4-2)21-17(22-16-7-5-6-10-20-16)14-11-13(12-19)8-9-15(14)23-18/h5-11H,3-4H2,1-2H3. The lowest BCUT2D eigenvalue weighted by Crippen LogP contribution is -2.38. The van der Waals surface area contributed by atoms with E-state index in [1.807, 2.05) is 26.0 Å². The average Bonchev–Trinajstić information content (AvgIpc) is 2.62. The smallest absolute Gasteiger partial charge is 0.231 e. The molecule has 2 aromatic rings. The van der Waals surface area contributed by atoms with Gasteiger partial charge in [-0.25, -0.2) is 9.98 Å². The van der Waals surface area contributed by atoms with Crippen molar-refractivity contribution in [2.24, 2.45) is 4.99 Å². The van der Waals surface area contributed by atoms with E-state index in [1.54, 1.807) is 30.5 Å². The zero-order valence-corrected chi connectivity index (χ0v) is 13.1. The van der Waals surface area contributed by atoms with Gasteiger partial charge in [-0.3, -0.25) is 0 Å². The summed E-state index contributed by atoms with van der Waals surface area (Å²) >= 11 is 0. The molecule has 116 valence electrons. The van der Waals surface area contributed by atoms with E-state index >= 15 is 0 Å². The van der Waals surface area contributed by atoms with E-state index in [-0.39, 0.29) is 0 Å². The van der Waals surface area contributed by atoms with E-state index in [2.05, 4.69) is 16.0 Å². The Morgan fingerprint density at radius 1 is 1.22 bits per heavy atom. The summed E-state index contributed by atoms with van der Waals surface area (Å²) in [6.45, 7) is 4.06. The van der Waals surface area contributed by atoms with Crippen LogP contribution in [0.1, 0.15) is 37.8 Å². The highest BCUT2D eigenvalue weighted by Gasteiger charge is 2.35. The minimum atomic E-state index is -0.648. The SMILES string of the molecule is CCC1(CC)N=C(Oc2ccccn2)c2cc(C#N)ccc2O1. The fraction of sp³-hybridized carbons (Fsp3) is 0.278. The molecule has 0 spiro atoms. The van der Waals surface area contributed by atoms with Crippen molar-refractivity contribution in [1.82, 2.24) is 4.98 Å². The van der Waals surface area contributed by atoms with Crippen molar-refractivity contribution in [1.29, 1.82) is 5.26 Å². The van der Waals surface area contributed by atoms with Crippen LogP contribution in [0.5, 0.6) is 11.6 Å². The molecule has 0 bridgehead atoms. The molecule has 0 unspecified atom stereocenters. The van der Waals surface area contributed by atoms with Gasteiger partial charge in [0.2, 0.25) is 17.5 Å². The molecule has 1 aromatic carbocycles. The summed E-state index contributed by atoms with van der Waals surface area (Å²) in [5, 5.41) is 9.13. The summed E-state index contributed by atoms with van der Waals surface area (Å²) in [6, 6.07) is 12.8. The number of hydrogen-bond donors (Lipinski definition) is 0. The van der Waals surface area contributed by atoms with Gasteiger partial charge < -0.3 is 9.47 Å². The number of ether oxygens (including phenoxy) is 2. The van der Waals surface area contributed by atoms with E-state index < -0.39 is 5.72 Å². The first kappa shape index (κ1) is 15.0. The third-order valence-electron chi connectivity index (χ3n) is 3.89. The van der Waals surface area contributed by atoms with Crippen LogP contribution in [-0.2, 0) is 0 Å². The van der Waals surface area contributed by atoms with Crippen LogP contribution in [0.25, 0.3) is 0 Å². The Morgan fingerprint density at radius 2 is 2.04 bits per heavy atom. The molecule has 1 aliphatic rings. The minimum Gasteiger partial charge on any atom is -0.465 e. The second-order valence-electron chi connectivity index (χ2n) is 5.27. The normalized spacial score (nSPS) is 14.9. The molecule has 5 nitrogen and oxygen atoms in total. The maximum atomic E-state index is 9.13. The maximum Gasteiger partial charge on any atom is 0.231 e. The van der Waals surface area contributed by atoms with Crippen molar-refractivity contribution >= 4 is 5.90 Å². The van der Waals surface area contributed by atoms with Crippen molar-refractivity contribution in [2.75, 3.05) is 0 Å². The third kappa shape index (κ3) is 2.88. The van der Waals surface area contributed by atoms with E-state index in [9.17, 15) is 0 Å². The fourth-order valence-corrected chi connectivity index (χ4v) is 2.47. The van der Waals surface area contributed by atoms with Gasteiger partial charge in [0, 0.05) is 25.1 Å². The molecule has 0 saturated heterocycles. The molecule has 0 fully saturated rings. The predicted octanol–water partition coefficient (Wildman–Crippen LogP) is 3.69. The molecular formula is C18H17N3O2. The highest BCUT2D eigenvalue weighted by molar-refractivity contribution is 5.99. The Bertz CT molecular complexity index is 775. The summed E-state index contributed by atoms with van der Waals surface area (Å²) in [4.78, 5) is 8.86. The number of nitrogens with zero attached hydrogens (tertiary/aromatic N) is 3. The zero-order chi connectivity index (χ0) is 16.3. The van der Waals surface area contributed by atoms with Crippen molar-refractivity contribution in [2.45, 2.75) is 32.4 Å². The average molecular weight is 307 g/mol. The largest absolute Gasteiger partial charge is 0.465 e. The molecule has 0 aliphatic carbocycles. The molecule has 0 atom stereocenters. The quantitative estimate of drug-likeness (QED) is 0.867. The number of aromatic nitrogens is 1. The molecule has 3 rings (SSSR count). The summed E-state index contributed by atoms with van der Waals surface area (Å²) in [7, 11) is 0. The molecule has 2 heterocycles. The number of nitriles is 1. The lowest BCUT2D eigenvalue weighted by molar-refractivity contribution is 0.0629. The molecule has 0 saturated carbocycles. The van der Waals surface area contributed by atoms with Crippen LogP contribution in [-0.4, -0.2) is 16.6 Å². The first-order valence-electron chi connectivity index (χ1n) is 7.62. The van der Waals surface area contributed by atoms with Gasteiger partial charge in [-0.1, -0.05) is 19.9 Å². The number of hydrogen-bond acceptors (Lipinski definition) is 5. The molecule has 1 aliphatic heterocycles. The number of fused-ring (bicyclic) bond motifs is 1. The van der Waals surface area contributed by atoms with Gasteiger partial charge >= 0.3 is 0 Å². The van der Waals surface area contributed by atoms with Crippen molar-refractivity contribution < 1.29 is 9.47 Å². The number of aliphatic imine (C=N–C) groups is 1. The highest BCUT2D eigenvalue weighted by atomic mass is 16.5. The summed E-state index contributed by atoms with van der Waals surface area (Å²) in [5.74, 6) is 1.57. The van der Waals surface area contributed by atoms with Crippen molar-refractivity contribution in [3.63, 3.8) is 0 Å². The molecule has 1 aromatic heterocycles. The number of pyridine rings is 1. The monoisotopic (exact) mass is 307 g/mol. The Balaban J connectivity index is 2.08. The van der Waals surface area contributed by atoms with Gasteiger partial charge in [-0.15, -0.1) is 0 Å². The van der Waals surface area contributed by atoms with Gasteiger partial charge in [0.1, 0.15) is 5.75 Å². The van der Waals surface area contributed by atoms with Crippen LogP contribution in [0, 0.1) is 11.3 Å². The topological polar surface area (TPSA) is 67.5 Å². The Hall–Kier alpha value is -2.87. The molecule has 23 heavy (non-hydrogen) atoms. The first-order valence-corrected chi connectivity index (χ1v) is 7.62. The molecule has 5 heteroatoms. The van der Waals surface area contributed by atoms with Gasteiger partial charge in [0.25, 0.3) is 0 Å². The van der Waals surface area contributed by atoms with Crippen LogP contribution in [0.3, 0.4) is 0 Å². The summed E-state index contributed by atoms with van der Waals surface area (Å²) in [5.41, 5.74) is 0.558. The van der Waals surface area contributed by atoms with E-state index in [0.29, 0.717) is 28.7 Å². The second-order valence-corrected chi connectivity index (χ2v) is 5.27. The Morgan fingerprint density at radius 3 is 2.70 bits per heavy atom. The van der Waals surface area contributed by atoms with E-state index in [4.69, 9.17) is 14.7 Å². The van der Waals surface area contributed by atoms with Crippen LogP contribution in [0.15, 0.2) is 47.6 Å². The van der Waals surface area contributed by atoms with Crippen LogP contribution < -0.4 is 9.47 Å². The minimum absolute atomic E-state index is 0.436. The van der Waals surface area contributed by atoms with Crippen LogP contribution >= 0.6 is 0 Å². The van der Waals surface area contributed by atoms with Crippen molar-refractivity contribution in [3.05, 3.63) is 53.7 Å². The summed E-state index contributed by atoms with van der Waals surface area (Å²) < 4.78 is 12.0. The van der Waals surface area contributed by atoms with E-state index in [1.165, 1.54) is 0 Å². The lowest BCUT2D eigenvalue weighted by atomic mass is 10.0. The van der Waals surface area contributed by atoms with E-state index in [0.717, 1.165) is 12.8 Å². The first-order chi connectivity index (χ1) is 11.2. The predicted molar refractivity (Wildman–Crippen MR) is 86.5 cm³/mol. The zero-order valence-electron chi connectivity index (χ0n) is 13.1. The number of rotatable bonds is 3. The molecular weight excluding hydrogens is 290 g/mol. The summed E-state index contributed by atoms with van der Waals surface area (Å²) in [6.07, 6.45) is 3.10. The Labute approximate surface area is 135 Å². The van der Waals surface area contributed by atoms with Crippen LogP contribution in [0.4, 0.5) is 0 Å². The lowest BCUT2D eigenvalue weighted by Gasteiger charge is -2.34. The van der Waals surface area contributed by atoms with Gasteiger partial charge in [0.15, 0.2) is 0 Å². The van der Waals surface area contributed by atoms with Gasteiger partial charge in [-0.05, 0) is 24.3 Å². The second kappa shape index (κ2) is 6.09. The van der Waals surface area contributed by atoms with Gasteiger partial charge in [0.05, 0.1) is 17.2 Å². The van der Waals surface area contributed by atoms with Gasteiger partial charge in [-0.2, -0.15) is 5.26 Å². The number of benzene rings is 1. The molecule has 0 amide bonds. The van der Waals surface area contributed by atoms with Crippen LogP contribution in [0.2, 0.25) is 0 Å².